The standard InChI is InChI=1S/C18H17N3O3S/c1-10-15(17(24)20-12-5-3-2-4-6-12)16(21-18(25)19-10)11-7-8-13(22)14(23)9-11/h2-9,16,22-23H,1H3,(H,20,24)(H2,19,21,25)/t16-/m1/s1. The van der Waals surface area contributed by atoms with Crippen LogP contribution in [0.2, 0.25) is 0 Å². The summed E-state index contributed by atoms with van der Waals surface area (Å²) in [5.74, 6) is -0.774. The topological polar surface area (TPSA) is 93.6 Å². The van der Waals surface area contributed by atoms with Crippen molar-refractivity contribution in [1.82, 2.24) is 10.6 Å². The van der Waals surface area contributed by atoms with Gasteiger partial charge < -0.3 is 26.2 Å². The van der Waals surface area contributed by atoms with Gasteiger partial charge in [-0.25, -0.2) is 0 Å². The van der Waals surface area contributed by atoms with Crippen LogP contribution in [0.1, 0.15) is 18.5 Å². The van der Waals surface area contributed by atoms with Crippen molar-refractivity contribution in [3.8, 4) is 11.5 Å². The van der Waals surface area contributed by atoms with Crippen LogP contribution in [-0.4, -0.2) is 21.2 Å². The molecule has 2 aromatic carbocycles. The largest absolute Gasteiger partial charge is 0.504 e. The molecule has 0 saturated carbocycles. The Kier molecular flexibility index (Phi) is 4.58. The van der Waals surface area contributed by atoms with Crippen molar-refractivity contribution in [2.24, 2.45) is 0 Å². The third-order valence-electron chi connectivity index (χ3n) is 3.88. The molecule has 0 aromatic heterocycles. The van der Waals surface area contributed by atoms with Crippen LogP contribution < -0.4 is 16.0 Å². The van der Waals surface area contributed by atoms with Gasteiger partial charge in [0.15, 0.2) is 16.6 Å². The van der Waals surface area contributed by atoms with E-state index in [0.717, 1.165) is 0 Å². The Morgan fingerprint density at radius 2 is 1.84 bits per heavy atom. The number of nitrogens with one attached hydrogen (secondary N) is 3. The van der Waals surface area contributed by atoms with Gasteiger partial charge in [-0.05, 0) is 49.0 Å². The summed E-state index contributed by atoms with van der Waals surface area (Å²) in [5, 5.41) is 28.5. The van der Waals surface area contributed by atoms with Crippen molar-refractivity contribution in [3.63, 3.8) is 0 Å². The number of carbonyl (C=O) groups excluding carboxylic acids is 1. The second-order valence-electron chi connectivity index (χ2n) is 5.64. The summed E-state index contributed by atoms with van der Waals surface area (Å²) in [5.41, 5.74) is 2.35. The van der Waals surface area contributed by atoms with Crippen molar-refractivity contribution in [2.45, 2.75) is 13.0 Å². The zero-order valence-corrected chi connectivity index (χ0v) is 14.2. The van der Waals surface area contributed by atoms with Crippen LogP contribution in [0, 0.1) is 0 Å². The molecule has 25 heavy (non-hydrogen) atoms. The Morgan fingerprint density at radius 3 is 2.52 bits per heavy atom. The maximum atomic E-state index is 12.8. The van der Waals surface area contributed by atoms with Gasteiger partial charge >= 0.3 is 0 Å². The zero-order valence-electron chi connectivity index (χ0n) is 13.4. The van der Waals surface area contributed by atoms with Gasteiger partial charge in [-0.2, -0.15) is 0 Å². The van der Waals surface area contributed by atoms with E-state index in [1.807, 2.05) is 18.2 Å². The van der Waals surface area contributed by atoms with Crippen LogP contribution in [0.15, 0.2) is 59.8 Å². The molecule has 0 fully saturated rings. The quantitative estimate of drug-likeness (QED) is 0.429. The fourth-order valence-electron chi connectivity index (χ4n) is 2.68. The maximum absolute atomic E-state index is 12.8. The number of hydrogen-bond acceptors (Lipinski definition) is 4. The molecule has 0 unspecified atom stereocenters. The van der Waals surface area contributed by atoms with Crippen molar-refractivity contribution in [2.75, 3.05) is 5.32 Å². The predicted octanol–water partition coefficient (Wildman–Crippen LogP) is 2.53. The van der Waals surface area contributed by atoms with E-state index in [1.54, 1.807) is 25.1 Å². The van der Waals surface area contributed by atoms with E-state index in [4.69, 9.17) is 12.2 Å². The number of phenolic OH excluding ortho intramolecular Hbond substituents is 2. The minimum absolute atomic E-state index is 0.226. The molecule has 7 heteroatoms. The summed E-state index contributed by atoms with van der Waals surface area (Å²) < 4.78 is 0. The first-order valence-corrected chi connectivity index (χ1v) is 8.03. The highest BCUT2D eigenvalue weighted by molar-refractivity contribution is 7.80. The molecule has 1 amide bonds. The number of rotatable bonds is 3. The van der Waals surface area contributed by atoms with Gasteiger partial charge in [-0.3, -0.25) is 4.79 Å². The van der Waals surface area contributed by atoms with Gasteiger partial charge in [-0.15, -0.1) is 0 Å². The number of thiocarbonyl (C=S) groups is 1. The van der Waals surface area contributed by atoms with E-state index >= 15 is 0 Å². The summed E-state index contributed by atoms with van der Waals surface area (Å²) in [7, 11) is 0. The normalized spacial score (nSPS) is 16.8. The molecule has 2 aromatic rings. The number of carbonyl (C=O) groups is 1. The number of allylic oxidation sites excluding steroid dienone is 1. The summed E-state index contributed by atoms with van der Waals surface area (Å²) in [6.45, 7) is 1.76. The average Bonchev–Trinajstić information content (AvgIpc) is 2.57. The van der Waals surface area contributed by atoms with E-state index in [9.17, 15) is 15.0 Å². The fraction of sp³-hybridized carbons (Fsp3) is 0.111. The molecular weight excluding hydrogens is 338 g/mol. The number of amides is 1. The Balaban J connectivity index is 1.97. The Bertz CT molecular complexity index is 865. The maximum Gasteiger partial charge on any atom is 0.255 e. The first-order valence-electron chi connectivity index (χ1n) is 7.62. The summed E-state index contributed by atoms with van der Waals surface area (Å²) in [6, 6.07) is 13.0. The third-order valence-corrected chi connectivity index (χ3v) is 4.10. The number of benzene rings is 2. The van der Waals surface area contributed by atoms with Crippen molar-refractivity contribution < 1.29 is 15.0 Å². The Morgan fingerprint density at radius 1 is 1.12 bits per heavy atom. The lowest BCUT2D eigenvalue weighted by molar-refractivity contribution is -0.113. The molecule has 6 nitrogen and oxygen atoms in total. The number of anilines is 1. The van der Waals surface area contributed by atoms with E-state index in [1.165, 1.54) is 12.1 Å². The predicted molar refractivity (Wildman–Crippen MR) is 99.2 cm³/mol. The minimum atomic E-state index is -0.552. The van der Waals surface area contributed by atoms with Crippen LogP contribution in [0.25, 0.3) is 0 Å². The second kappa shape index (κ2) is 6.82. The molecule has 0 spiro atoms. The molecule has 128 valence electrons. The average molecular weight is 355 g/mol. The van der Waals surface area contributed by atoms with Gasteiger partial charge in [0.05, 0.1) is 11.6 Å². The lowest BCUT2D eigenvalue weighted by Crippen LogP contribution is -2.45. The van der Waals surface area contributed by atoms with Crippen LogP contribution in [-0.2, 0) is 4.79 Å². The van der Waals surface area contributed by atoms with Gasteiger partial charge in [0.25, 0.3) is 5.91 Å². The SMILES string of the molecule is CC1=C(C(=O)Nc2ccccc2)[C@@H](c2ccc(O)c(O)c2)NC(=S)N1. The van der Waals surface area contributed by atoms with Gasteiger partial charge in [0.2, 0.25) is 0 Å². The second-order valence-corrected chi connectivity index (χ2v) is 6.05. The third kappa shape index (κ3) is 3.56. The molecule has 0 aliphatic carbocycles. The van der Waals surface area contributed by atoms with Crippen LogP contribution >= 0.6 is 12.2 Å². The Labute approximate surface area is 150 Å². The van der Waals surface area contributed by atoms with Crippen molar-refractivity contribution in [3.05, 3.63) is 65.4 Å². The molecule has 1 aliphatic heterocycles. The van der Waals surface area contributed by atoms with Crippen LogP contribution in [0.5, 0.6) is 11.5 Å². The van der Waals surface area contributed by atoms with Crippen molar-refractivity contribution >= 4 is 28.9 Å². The molecule has 1 aliphatic rings. The molecule has 5 N–H and O–H groups in total. The number of phenols is 2. The minimum Gasteiger partial charge on any atom is -0.504 e. The molecule has 0 radical (unpaired) electrons. The first kappa shape index (κ1) is 16.8. The summed E-state index contributed by atoms with van der Waals surface area (Å²) in [4.78, 5) is 12.8. The number of aromatic hydroxyl groups is 2. The number of para-hydroxylation sites is 1. The monoisotopic (exact) mass is 355 g/mol. The van der Waals surface area contributed by atoms with Gasteiger partial charge in [0.1, 0.15) is 0 Å². The van der Waals surface area contributed by atoms with Crippen LogP contribution in [0.4, 0.5) is 5.69 Å². The van der Waals surface area contributed by atoms with Crippen molar-refractivity contribution in [1.29, 1.82) is 0 Å². The molecular formula is C18H17N3O3S. The molecule has 3 rings (SSSR count). The molecule has 1 heterocycles. The van der Waals surface area contributed by atoms with E-state index < -0.39 is 6.04 Å². The lowest BCUT2D eigenvalue weighted by Gasteiger charge is -2.30. The number of hydrogen-bond donors (Lipinski definition) is 5. The fourth-order valence-corrected chi connectivity index (χ4v) is 2.96. The smallest absolute Gasteiger partial charge is 0.255 e. The van der Waals surface area contributed by atoms with E-state index in [-0.39, 0.29) is 17.4 Å². The Hall–Kier alpha value is -3.06. The molecule has 0 saturated heterocycles. The highest BCUT2D eigenvalue weighted by Crippen LogP contribution is 2.33. The highest BCUT2D eigenvalue weighted by Gasteiger charge is 2.30. The van der Waals surface area contributed by atoms with Crippen LogP contribution in [0.3, 0.4) is 0 Å². The van der Waals surface area contributed by atoms with E-state index in [2.05, 4.69) is 16.0 Å². The lowest BCUT2D eigenvalue weighted by atomic mass is 9.94. The van der Waals surface area contributed by atoms with Gasteiger partial charge in [-0.1, -0.05) is 24.3 Å². The van der Waals surface area contributed by atoms with E-state index in [0.29, 0.717) is 27.6 Å². The summed E-state index contributed by atoms with van der Waals surface area (Å²) >= 11 is 5.19. The summed E-state index contributed by atoms with van der Waals surface area (Å²) in [6.07, 6.45) is 0. The highest BCUT2D eigenvalue weighted by atomic mass is 32.1. The first-order chi connectivity index (χ1) is 12.0. The van der Waals surface area contributed by atoms with Gasteiger partial charge in [0, 0.05) is 11.4 Å². The zero-order chi connectivity index (χ0) is 18.0. The molecule has 0 bridgehead atoms. The molecule has 1 atom stereocenters.